The quantitative estimate of drug-likeness (QED) is 0.801. The van der Waals surface area contributed by atoms with Crippen molar-refractivity contribution < 1.29 is 8.91 Å². The number of nitrogens with zero attached hydrogens (tertiary/aromatic N) is 4. The minimum Gasteiger partial charge on any atom is -0.332 e. The van der Waals surface area contributed by atoms with Crippen LogP contribution in [0.3, 0.4) is 0 Å². The number of nitrogens with one attached hydrogen (secondary N) is 1. The summed E-state index contributed by atoms with van der Waals surface area (Å²) in [4.78, 5) is 4.34. The molecule has 0 amide bonds. The number of aromatic nitrogens is 4. The van der Waals surface area contributed by atoms with E-state index >= 15 is 0 Å². The van der Waals surface area contributed by atoms with Gasteiger partial charge in [0, 0.05) is 18.3 Å². The molecule has 2 aromatic heterocycles. The number of hydrogen-bond acceptors (Lipinski definition) is 5. The maximum absolute atomic E-state index is 13.7. The fourth-order valence-corrected chi connectivity index (χ4v) is 2.89. The van der Waals surface area contributed by atoms with Gasteiger partial charge in [0.15, 0.2) is 5.69 Å². The Kier molecular flexibility index (Phi) is 3.86. The lowest BCUT2D eigenvalue weighted by molar-refractivity contribution is 0.346. The summed E-state index contributed by atoms with van der Waals surface area (Å²) in [6, 6.07) is 7.10. The number of piperidine rings is 1. The molecule has 6 nitrogen and oxygen atoms in total. The molecule has 24 heavy (non-hydrogen) atoms. The van der Waals surface area contributed by atoms with Crippen LogP contribution in [0.1, 0.15) is 24.4 Å². The largest absolute Gasteiger partial charge is 0.332 e. The van der Waals surface area contributed by atoms with Crippen LogP contribution in [0.15, 0.2) is 35.0 Å². The number of benzene rings is 1. The molecule has 1 aliphatic heterocycles. The molecule has 0 bridgehead atoms. The molecule has 1 fully saturated rings. The first-order valence-electron chi connectivity index (χ1n) is 8.07. The molecule has 1 saturated heterocycles. The van der Waals surface area contributed by atoms with Crippen LogP contribution < -0.4 is 5.32 Å². The van der Waals surface area contributed by atoms with Gasteiger partial charge >= 0.3 is 0 Å². The van der Waals surface area contributed by atoms with Crippen LogP contribution in [0.4, 0.5) is 4.39 Å². The highest BCUT2D eigenvalue weighted by atomic mass is 19.1. The summed E-state index contributed by atoms with van der Waals surface area (Å²) < 4.78 is 20.9. The summed E-state index contributed by atoms with van der Waals surface area (Å²) in [6.45, 7) is 3.69. The Morgan fingerprint density at radius 2 is 2.25 bits per heavy atom. The SMILES string of the molecule is Cc1ccc(-c2noc(-c3ccn(C4CCCNC4)n3)n2)cc1F. The van der Waals surface area contributed by atoms with Gasteiger partial charge in [-0.25, -0.2) is 4.39 Å². The fourth-order valence-electron chi connectivity index (χ4n) is 2.89. The standard InChI is InChI=1S/C17H18FN5O/c1-11-4-5-12(9-14(11)18)16-20-17(24-22-16)15-6-8-23(21-15)13-3-2-7-19-10-13/h4-6,8-9,13,19H,2-3,7,10H2,1H3. The van der Waals surface area contributed by atoms with Gasteiger partial charge < -0.3 is 9.84 Å². The maximum atomic E-state index is 13.7. The smallest absolute Gasteiger partial charge is 0.278 e. The molecule has 3 heterocycles. The predicted molar refractivity (Wildman–Crippen MR) is 86.8 cm³/mol. The van der Waals surface area contributed by atoms with E-state index in [1.54, 1.807) is 19.1 Å². The van der Waals surface area contributed by atoms with Crippen molar-refractivity contribution in [2.24, 2.45) is 0 Å². The highest BCUT2D eigenvalue weighted by Gasteiger charge is 2.18. The zero-order valence-electron chi connectivity index (χ0n) is 13.4. The van der Waals surface area contributed by atoms with E-state index in [9.17, 15) is 4.39 Å². The van der Waals surface area contributed by atoms with Crippen molar-refractivity contribution in [3.05, 3.63) is 41.8 Å². The van der Waals surface area contributed by atoms with Gasteiger partial charge in [0.2, 0.25) is 5.82 Å². The molecule has 0 radical (unpaired) electrons. The van der Waals surface area contributed by atoms with Crippen molar-refractivity contribution in [3.63, 3.8) is 0 Å². The Morgan fingerprint density at radius 3 is 3.04 bits per heavy atom. The van der Waals surface area contributed by atoms with Gasteiger partial charge in [-0.3, -0.25) is 4.68 Å². The second kappa shape index (κ2) is 6.16. The average Bonchev–Trinajstić information content (AvgIpc) is 3.27. The highest BCUT2D eigenvalue weighted by Crippen LogP contribution is 2.24. The summed E-state index contributed by atoms with van der Waals surface area (Å²) in [5, 5.41) is 11.9. The van der Waals surface area contributed by atoms with E-state index < -0.39 is 0 Å². The van der Waals surface area contributed by atoms with Crippen LogP contribution in [-0.4, -0.2) is 33.0 Å². The highest BCUT2D eigenvalue weighted by molar-refractivity contribution is 5.58. The summed E-state index contributed by atoms with van der Waals surface area (Å²) in [6.07, 6.45) is 4.18. The molecule has 4 rings (SSSR count). The minimum absolute atomic E-state index is 0.284. The Bertz CT molecular complexity index is 850. The third kappa shape index (κ3) is 2.82. The lowest BCUT2D eigenvalue weighted by Crippen LogP contribution is -2.31. The van der Waals surface area contributed by atoms with E-state index in [4.69, 9.17) is 4.52 Å². The summed E-state index contributed by atoms with van der Waals surface area (Å²) in [5.74, 6) is 0.416. The molecule has 1 aromatic carbocycles. The molecular formula is C17H18FN5O. The molecule has 1 N–H and O–H groups in total. The average molecular weight is 327 g/mol. The number of rotatable bonds is 3. The van der Waals surface area contributed by atoms with Crippen LogP contribution in [0.25, 0.3) is 23.0 Å². The molecule has 124 valence electrons. The van der Waals surface area contributed by atoms with E-state index in [1.807, 2.05) is 16.9 Å². The summed E-state index contributed by atoms with van der Waals surface area (Å²) in [7, 11) is 0. The summed E-state index contributed by atoms with van der Waals surface area (Å²) in [5.41, 5.74) is 1.80. The molecule has 7 heteroatoms. The van der Waals surface area contributed by atoms with Gasteiger partial charge in [0.25, 0.3) is 5.89 Å². The zero-order chi connectivity index (χ0) is 16.5. The summed E-state index contributed by atoms with van der Waals surface area (Å²) >= 11 is 0. The molecule has 1 unspecified atom stereocenters. The second-order valence-electron chi connectivity index (χ2n) is 6.07. The molecule has 0 saturated carbocycles. The monoisotopic (exact) mass is 327 g/mol. The fraction of sp³-hybridized carbons (Fsp3) is 0.353. The van der Waals surface area contributed by atoms with Crippen molar-refractivity contribution in [3.8, 4) is 23.0 Å². The number of hydrogen-bond donors (Lipinski definition) is 1. The van der Waals surface area contributed by atoms with Gasteiger partial charge in [-0.1, -0.05) is 17.3 Å². The van der Waals surface area contributed by atoms with Crippen LogP contribution in [0.5, 0.6) is 0 Å². The zero-order valence-corrected chi connectivity index (χ0v) is 13.4. The first kappa shape index (κ1) is 15.0. The van der Waals surface area contributed by atoms with Crippen molar-refractivity contribution in [1.82, 2.24) is 25.2 Å². The van der Waals surface area contributed by atoms with Crippen LogP contribution >= 0.6 is 0 Å². The van der Waals surface area contributed by atoms with Gasteiger partial charge in [0.05, 0.1) is 6.04 Å². The third-order valence-corrected chi connectivity index (χ3v) is 4.33. The lowest BCUT2D eigenvalue weighted by atomic mass is 10.1. The van der Waals surface area contributed by atoms with Crippen LogP contribution in [-0.2, 0) is 0 Å². The maximum Gasteiger partial charge on any atom is 0.278 e. The second-order valence-corrected chi connectivity index (χ2v) is 6.07. The Morgan fingerprint density at radius 1 is 1.33 bits per heavy atom. The number of aryl methyl sites for hydroxylation is 1. The van der Waals surface area contributed by atoms with E-state index in [2.05, 4.69) is 20.6 Å². The molecule has 0 aliphatic carbocycles. The lowest BCUT2D eigenvalue weighted by Gasteiger charge is -2.22. The van der Waals surface area contributed by atoms with E-state index in [1.165, 1.54) is 6.07 Å². The van der Waals surface area contributed by atoms with Crippen molar-refractivity contribution in [2.45, 2.75) is 25.8 Å². The van der Waals surface area contributed by atoms with Gasteiger partial charge in [0.1, 0.15) is 5.82 Å². The molecular weight excluding hydrogens is 309 g/mol. The van der Waals surface area contributed by atoms with Crippen molar-refractivity contribution in [2.75, 3.05) is 13.1 Å². The predicted octanol–water partition coefficient (Wildman–Crippen LogP) is 2.97. The third-order valence-electron chi connectivity index (χ3n) is 4.33. The Hall–Kier alpha value is -2.54. The first-order chi connectivity index (χ1) is 11.7. The molecule has 3 aromatic rings. The van der Waals surface area contributed by atoms with E-state index in [-0.39, 0.29) is 5.82 Å². The van der Waals surface area contributed by atoms with Crippen molar-refractivity contribution >= 4 is 0 Å². The molecule has 1 aliphatic rings. The normalized spacial score (nSPS) is 18.0. The van der Waals surface area contributed by atoms with Gasteiger partial charge in [-0.05, 0) is 44.0 Å². The molecule has 1 atom stereocenters. The minimum atomic E-state index is -0.284. The Labute approximate surface area is 138 Å². The van der Waals surface area contributed by atoms with E-state index in [0.717, 1.165) is 25.9 Å². The van der Waals surface area contributed by atoms with E-state index in [0.29, 0.717) is 34.6 Å². The molecule has 0 spiro atoms. The Balaban J connectivity index is 1.58. The van der Waals surface area contributed by atoms with Gasteiger partial charge in [-0.2, -0.15) is 10.1 Å². The topological polar surface area (TPSA) is 68.8 Å². The number of halogens is 1. The first-order valence-corrected chi connectivity index (χ1v) is 8.07. The van der Waals surface area contributed by atoms with Gasteiger partial charge in [-0.15, -0.1) is 0 Å². The van der Waals surface area contributed by atoms with Crippen molar-refractivity contribution in [1.29, 1.82) is 0 Å². The van der Waals surface area contributed by atoms with Crippen LogP contribution in [0.2, 0.25) is 0 Å². The van der Waals surface area contributed by atoms with Crippen LogP contribution in [0, 0.1) is 12.7 Å².